The molecule has 0 saturated heterocycles. The highest BCUT2D eigenvalue weighted by Gasteiger charge is 2.51. The molecule has 1 aromatic heterocycles. The fraction of sp³-hybridized carbons (Fsp3) is 0.519. The van der Waals surface area contributed by atoms with E-state index in [0.29, 0.717) is 6.42 Å². The van der Waals surface area contributed by atoms with Crippen LogP contribution in [-0.4, -0.2) is 60.1 Å². The molecule has 1 aromatic carbocycles. The molecule has 1 heterocycles. The predicted molar refractivity (Wildman–Crippen MR) is 138 cm³/mol. The molecule has 0 aliphatic heterocycles. The van der Waals surface area contributed by atoms with Crippen LogP contribution in [0, 0.1) is 17.2 Å². The van der Waals surface area contributed by atoms with E-state index in [-0.39, 0.29) is 36.3 Å². The molecular formula is C27H33F4N3O3S. The van der Waals surface area contributed by atoms with Gasteiger partial charge >= 0.3 is 6.18 Å². The Bertz CT molecular complexity index is 1290. The predicted octanol–water partition coefficient (Wildman–Crippen LogP) is 5.54. The summed E-state index contributed by atoms with van der Waals surface area (Å²) in [5.41, 5.74) is 3.68. The van der Waals surface area contributed by atoms with E-state index in [1.165, 1.54) is 24.0 Å². The lowest BCUT2D eigenvalue weighted by Crippen LogP contribution is -2.49. The van der Waals surface area contributed by atoms with E-state index in [0.717, 1.165) is 36.2 Å². The quantitative estimate of drug-likeness (QED) is 0.207. The molecule has 1 saturated carbocycles. The molecule has 11 heteroatoms. The van der Waals surface area contributed by atoms with Gasteiger partial charge < -0.3 is 4.74 Å². The molecular weight excluding hydrogens is 522 g/mol. The second kappa shape index (κ2) is 10.8. The van der Waals surface area contributed by atoms with E-state index < -0.39 is 27.6 Å². The number of hydrogen-bond donors (Lipinski definition) is 0. The van der Waals surface area contributed by atoms with Crippen molar-refractivity contribution in [2.75, 3.05) is 24.8 Å². The van der Waals surface area contributed by atoms with Gasteiger partial charge in [0, 0.05) is 12.6 Å². The number of aromatic nitrogens is 2. The van der Waals surface area contributed by atoms with Gasteiger partial charge in [-0.15, -0.1) is 0 Å². The number of hydrogen-bond acceptors (Lipinski definition) is 5. The lowest BCUT2D eigenvalue weighted by Gasteiger charge is -2.44. The number of rotatable bonds is 11. The van der Waals surface area contributed by atoms with E-state index in [1.54, 1.807) is 21.7 Å². The van der Waals surface area contributed by atoms with Crippen LogP contribution < -0.4 is 0 Å². The minimum atomic E-state index is -4.80. The van der Waals surface area contributed by atoms with Crippen LogP contribution in [-0.2, 0) is 21.0 Å². The number of alkyl halides is 3. The fourth-order valence-electron chi connectivity index (χ4n) is 6.27. The Labute approximate surface area is 220 Å². The van der Waals surface area contributed by atoms with E-state index in [2.05, 4.69) is 24.7 Å². The van der Waals surface area contributed by atoms with Crippen LogP contribution in [0.2, 0.25) is 0 Å². The summed E-state index contributed by atoms with van der Waals surface area (Å²) in [7, 11) is -4.42. The second-order valence-corrected chi connectivity index (χ2v) is 12.2. The van der Waals surface area contributed by atoms with E-state index in [9.17, 15) is 26.0 Å². The third-order valence-electron chi connectivity index (χ3n) is 8.00. The normalized spacial score (nSPS) is 22.1. The minimum absolute atomic E-state index is 0.0193. The molecule has 0 unspecified atom stereocenters. The van der Waals surface area contributed by atoms with E-state index >= 15 is 0 Å². The van der Waals surface area contributed by atoms with Gasteiger partial charge in [0.2, 0.25) is 0 Å². The third kappa shape index (κ3) is 5.83. The lowest BCUT2D eigenvalue weighted by molar-refractivity contribution is -0.106. The van der Waals surface area contributed by atoms with Crippen molar-refractivity contribution < 1.29 is 30.7 Å². The van der Waals surface area contributed by atoms with E-state index in [4.69, 9.17) is 4.74 Å². The molecule has 2 aliphatic carbocycles. The maximum atomic E-state index is 13.5. The van der Waals surface area contributed by atoms with Crippen molar-refractivity contribution in [1.29, 1.82) is 0 Å². The van der Waals surface area contributed by atoms with Gasteiger partial charge in [-0.1, -0.05) is 19.1 Å². The molecule has 4 rings (SSSR count). The Balaban J connectivity index is 1.63. The number of ether oxygens (including phenoxy) is 1. The Hall–Kier alpha value is -2.66. The van der Waals surface area contributed by atoms with Crippen molar-refractivity contribution in [3.63, 3.8) is 0 Å². The average Bonchev–Trinajstić information content (AvgIpc) is 3.41. The number of halogens is 4. The monoisotopic (exact) mass is 555 g/mol. The third-order valence-corrected chi connectivity index (χ3v) is 9.49. The summed E-state index contributed by atoms with van der Waals surface area (Å²) in [6, 6.07) is 5.81. The number of sulfone groups is 1. The average molecular weight is 556 g/mol. The largest absolute Gasteiger partial charge is 0.500 e. The highest BCUT2D eigenvalue weighted by molar-refractivity contribution is 7.91. The molecule has 1 fully saturated rings. The summed E-state index contributed by atoms with van der Waals surface area (Å²) in [5.74, 6) is -2.86. The zero-order valence-corrected chi connectivity index (χ0v) is 22.4. The first-order valence-corrected chi connectivity index (χ1v) is 14.5. The molecule has 38 heavy (non-hydrogen) atoms. The summed E-state index contributed by atoms with van der Waals surface area (Å²) in [6.07, 6.45) is 3.44. The highest BCUT2D eigenvalue weighted by atomic mass is 32.2. The van der Waals surface area contributed by atoms with Crippen molar-refractivity contribution in [3.8, 4) is 5.69 Å². The smallest absolute Gasteiger partial charge is 0.402 e. The number of nitrogens with zero attached hydrogens (tertiary/aromatic N) is 3. The fourth-order valence-corrected chi connectivity index (χ4v) is 7.73. The Morgan fingerprint density at radius 3 is 2.66 bits per heavy atom. The first-order valence-electron chi connectivity index (χ1n) is 12.7. The van der Waals surface area contributed by atoms with E-state index in [1.807, 2.05) is 13.1 Å². The summed E-state index contributed by atoms with van der Waals surface area (Å²) in [5, 5.41) is 4.56. The first kappa shape index (κ1) is 28.4. The van der Waals surface area contributed by atoms with Gasteiger partial charge in [-0.3, -0.25) is 4.90 Å². The van der Waals surface area contributed by atoms with Gasteiger partial charge in [-0.25, -0.2) is 17.5 Å². The molecule has 2 aromatic rings. The molecule has 6 nitrogen and oxygen atoms in total. The molecule has 0 amide bonds. The van der Waals surface area contributed by atoms with Crippen LogP contribution in [0.25, 0.3) is 11.8 Å². The van der Waals surface area contributed by atoms with Crippen LogP contribution in [0.15, 0.2) is 48.9 Å². The Morgan fingerprint density at radius 1 is 1.32 bits per heavy atom. The summed E-state index contributed by atoms with van der Waals surface area (Å²) < 4.78 is 84.3. The summed E-state index contributed by atoms with van der Waals surface area (Å²) in [4.78, 5) is 1.60. The van der Waals surface area contributed by atoms with Gasteiger partial charge in [-0.2, -0.15) is 18.3 Å². The zero-order valence-electron chi connectivity index (χ0n) is 21.5. The zero-order chi connectivity index (χ0) is 27.7. The summed E-state index contributed by atoms with van der Waals surface area (Å²) >= 11 is 0. The summed E-state index contributed by atoms with van der Waals surface area (Å²) in [6.45, 7) is 7.77. The molecule has 0 spiro atoms. The van der Waals surface area contributed by atoms with Gasteiger partial charge in [0.15, 0.2) is 9.84 Å². The minimum Gasteiger partial charge on any atom is -0.500 e. The Kier molecular flexibility index (Phi) is 8.09. The van der Waals surface area contributed by atoms with Crippen molar-refractivity contribution in [2.45, 2.75) is 51.7 Å². The van der Waals surface area contributed by atoms with Crippen LogP contribution in [0.4, 0.5) is 17.6 Å². The SMILES string of the molecule is C=COCCN(CS(=O)(=O)CC(F)(F)F)[C@H](C)[C@H]1CCC2=Cc3c(cnn3-c3ccc(F)cc3)C[C@@]21CC. The number of allylic oxidation sites excluding steroid dienone is 1. The van der Waals surface area contributed by atoms with Gasteiger partial charge in [0.05, 0.1) is 30.4 Å². The van der Waals surface area contributed by atoms with Crippen molar-refractivity contribution in [2.24, 2.45) is 11.3 Å². The molecule has 208 valence electrons. The Morgan fingerprint density at radius 2 is 2.03 bits per heavy atom. The van der Waals surface area contributed by atoms with Gasteiger partial charge in [0.1, 0.15) is 17.4 Å². The standard InChI is InChI=1S/C27H33F4N3O3S/c1-4-26-15-20-16-32-34(23-9-7-22(28)8-10-23)25(20)14-21(26)6-11-24(26)19(3)33(12-13-37-5-2)18-38(35,36)17-27(29,30)31/h5,7-10,14,16,19,24H,2,4,6,11-13,15,17-18H2,1,3H3/t19-,24-,26+/m1/s1. The molecule has 3 atom stereocenters. The van der Waals surface area contributed by atoms with Crippen LogP contribution in [0.5, 0.6) is 0 Å². The van der Waals surface area contributed by atoms with Crippen molar-refractivity contribution in [3.05, 3.63) is 66.0 Å². The maximum Gasteiger partial charge on any atom is 0.402 e. The molecule has 0 bridgehead atoms. The van der Waals surface area contributed by atoms with Crippen LogP contribution in [0.3, 0.4) is 0 Å². The lowest BCUT2D eigenvalue weighted by atomic mass is 9.64. The highest BCUT2D eigenvalue weighted by Crippen LogP contribution is 2.57. The molecule has 0 N–H and O–H groups in total. The van der Waals surface area contributed by atoms with Crippen LogP contribution >= 0.6 is 0 Å². The van der Waals surface area contributed by atoms with Crippen molar-refractivity contribution in [1.82, 2.24) is 14.7 Å². The first-order chi connectivity index (χ1) is 17.9. The molecule has 2 aliphatic rings. The number of benzene rings is 1. The van der Waals surface area contributed by atoms with Crippen LogP contribution in [0.1, 0.15) is 44.4 Å². The van der Waals surface area contributed by atoms with Crippen molar-refractivity contribution >= 4 is 15.9 Å². The van der Waals surface area contributed by atoms with Gasteiger partial charge in [-0.05, 0) is 79.8 Å². The maximum absolute atomic E-state index is 13.5. The number of fused-ring (bicyclic) bond motifs is 2. The van der Waals surface area contributed by atoms with Gasteiger partial charge in [0.25, 0.3) is 0 Å². The second-order valence-electron chi connectivity index (χ2n) is 10.2. The molecule has 0 radical (unpaired) electrons. The topological polar surface area (TPSA) is 64.4 Å².